The van der Waals surface area contributed by atoms with Gasteiger partial charge < -0.3 is 10.6 Å². The quantitative estimate of drug-likeness (QED) is 0.910. The summed E-state index contributed by atoms with van der Waals surface area (Å²) < 4.78 is 0. The third kappa shape index (κ3) is 4.03. The van der Waals surface area contributed by atoms with Gasteiger partial charge in [-0.1, -0.05) is 20.8 Å². The van der Waals surface area contributed by atoms with E-state index in [2.05, 4.69) is 25.8 Å². The molecule has 0 spiro atoms. The second-order valence-electron chi connectivity index (χ2n) is 7.03. The van der Waals surface area contributed by atoms with E-state index >= 15 is 0 Å². The normalized spacial score (nSPS) is 20.2. The SMILES string of the molecule is CC(C)(C)C1CCCN(C(=O)c2ccnc(CN)c2)CC1. The highest BCUT2D eigenvalue weighted by Crippen LogP contribution is 2.34. The maximum absolute atomic E-state index is 12.6. The van der Waals surface area contributed by atoms with Crippen LogP contribution in [-0.2, 0) is 6.54 Å². The lowest BCUT2D eigenvalue weighted by Crippen LogP contribution is -2.32. The van der Waals surface area contributed by atoms with E-state index < -0.39 is 0 Å². The van der Waals surface area contributed by atoms with Gasteiger partial charge in [0.25, 0.3) is 5.91 Å². The minimum absolute atomic E-state index is 0.113. The van der Waals surface area contributed by atoms with Crippen molar-refractivity contribution in [3.8, 4) is 0 Å². The van der Waals surface area contributed by atoms with Gasteiger partial charge in [-0.15, -0.1) is 0 Å². The summed E-state index contributed by atoms with van der Waals surface area (Å²) in [6.07, 6.45) is 5.05. The number of carbonyl (C=O) groups is 1. The van der Waals surface area contributed by atoms with Crippen molar-refractivity contribution < 1.29 is 4.79 Å². The summed E-state index contributed by atoms with van der Waals surface area (Å²) in [6, 6.07) is 3.60. The zero-order valence-corrected chi connectivity index (χ0v) is 13.4. The van der Waals surface area contributed by atoms with Crippen LogP contribution < -0.4 is 5.73 Å². The van der Waals surface area contributed by atoms with Gasteiger partial charge in [0.15, 0.2) is 0 Å². The van der Waals surface area contributed by atoms with Crippen LogP contribution in [0.5, 0.6) is 0 Å². The lowest BCUT2D eigenvalue weighted by molar-refractivity contribution is 0.0755. The third-order valence-electron chi connectivity index (χ3n) is 4.51. The maximum atomic E-state index is 12.6. The fourth-order valence-electron chi connectivity index (χ4n) is 3.07. The molecule has 1 fully saturated rings. The van der Waals surface area contributed by atoms with E-state index in [0.717, 1.165) is 31.6 Å². The van der Waals surface area contributed by atoms with E-state index in [9.17, 15) is 4.79 Å². The van der Waals surface area contributed by atoms with Crippen LogP contribution >= 0.6 is 0 Å². The van der Waals surface area contributed by atoms with Crippen molar-refractivity contribution in [1.82, 2.24) is 9.88 Å². The molecule has 2 rings (SSSR count). The van der Waals surface area contributed by atoms with Crippen LogP contribution in [0.1, 0.15) is 56.1 Å². The number of likely N-dealkylation sites (tertiary alicyclic amines) is 1. The molecule has 2 N–H and O–H groups in total. The molecule has 1 aliphatic heterocycles. The second-order valence-corrected chi connectivity index (χ2v) is 7.03. The highest BCUT2D eigenvalue weighted by molar-refractivity contribution is 5.94. The Bertz CT molecular complexity index is 493. The molecule has 116 valence electrons. The molecule has 0 radical (unpaired) electrons. The number of pyridine rings is 1. The molecule has 4 nitrogen and oxygen atoms in total. The van der Waals surface area contributed by atoms with Crippen molar-refractivity contribution >= 4 is 5.91 Å². The van der Waals surface area contributed by atoms with Gasteiger partial charge in [-0.05, 0) is 42.7 Å². The summed E-state index contributed by atoms with van der Waals surface area (Å²) in [5.74, 6) is 0.800. The first-order valence-corrected chi connectivity index (χ1v) is 7.86. The van der Waals surface area contributed by atoms with Gasteiger partial charge >= 0.3 is 0 Å². The van der Waals surface area contributed by atoms with Crippen LogP contribution in [0.3, 0.4) is 0 Å². The van der Waals surface area contributed by atoms with E-state index in [1.807, 2.05) is 11.0 Å². The molecule has 1 aromatic heterocycles. The van der Waals surface area contributed by atoms with Crippen molar-refractivity contribution in [2.45, 2.75) is 46.6 Å². The molecular formula is C17H27N3O. The highest BCUT2D eigenvalue weighted by atomic mass is 16.2. The molecule has 21 heavy (non-hydrogen) atoms. The van der Waals surface area contributed by atoms with Gasteiger partial charge in [-0.2, -0.15) is 0 Å². The Morgan fingerprint density at radius 3 is 2.81 bits per heavy atom. The lowest BCUT2D eigenvalue weighted by atomic mass is 9.77. The first-order valence-electron chi connectivity index (χ1n) is 7.86. The zero-order chi connectivity index (χ0) is 15.5. The fraction of sp³-hybridized carbons (Fsp3) is 0.647. The highest BCUT2D eigenvalue weighted by Gasteiger charge is 2.28. The van der Waals surface area contributed by atoms with Gasteiger partial charge in [0.2, 0.25) is 0 Å². The summed E-state index contributed by atoms with van der Waals surface area (Å²) in [6.45, 7) is 8.96. The first-order chi connectivity index (χ1) is 9.91. The van der Waals surface area contributed by atoms with Crippen LogP contribution in [0.15, 0.2) is 18.3 Å². The van der Waals surface area contributed by atoms with E-state index in [4.69, 9.17) is 5.73 Å². The number of hydrogen-bond acceptors (Lipinski definition) is 3. The Labute approximate surface area is 127 Å². The summed E-state index contributed by atoms with van der Waals surface area (Å²) in [4.78, 5) is 18.8. The van der Waals surface area contributed by atoms with E-state index in [1.54, 1.807) is 12.3 Å². The van der Waals surface area contributed by atoms with Gasteiger partial charge in [0.1, 0.15) is 0 Å². The van der Waals surface area contributed by atoms with Crippen molar-refractivity contribution in [2.75, 3.05) is 13.1 Å². The minimum atomic E-state index is 0.113. The smallest absolute Gasteiger partial charge is 0.253 e. The lowest BCUT2D eigenvalue weighted by Gasteiger charge is -2.29. The van der Waals surface area contributed by atoms with Crippen molar-refractivity contribution in [2.24, 2.45) is 17.1 Å². The summed E-state index contributed by atoms with van der Waals surface area (Å²) >= 11 is 0. The number of nitrogens with zero attached hydrogens (tertiary/aromatic N) is 2. The van der Waals surface area contributed by atoms with Gasteiger partial charge in [0, 0.05) is 31.4 Å². The van der Waals surface area contributed by atoms with E-state index in [0.29, 0.717) is 23.4 Å². The standard InChI is InChI=1S/C17H27N3O/c1-17(2,3)14-5-4-9-20(10-7-14)16(21)13-6-8-19-15(11-13)12-18/h6,8,11,14H,4-5,7,9-10,12,18H2,1-3H3. The molecule has 1 amide bonds. The predicted molar refractivity (Wildman–Crippen MR) is 84.8 cm³/mol. The van der Waals surface area contributed by atoms with Crippen LogP contribution in [0.2, 0.25) is 0 Å². The molecule has 0 saturated carbocycles. The van der Waals surface area contributed by atoms with Crippen LogP contribution in [0.4, 0.5) is 0 Å². The molecule has 0 bridgehead atoms. The summed E-state index contributed by atoms with van der Waals surface area (Å²) in [5, 5.41) is 0. The summed E-state index contributed by atoms with van der Waals surface area (Å²) in [5.41, 5.74) is 7.40. The molecule has 2 heterocycles. The number of rotatable bonds is 2. The van der Waals surface area contributed by atoms with Crippen LogP contribution in [0.25, 0.3) is 0 Å². The molecule has 1 unspecified atom stereocenters. The minimum Gasteiger partial charge on any atom is -0.339 e. The zero-order valence-electron chi connectivity index (χ0n) is 13.4. The first kappa shape index (κ1) is 16.0. The predicted octanol–water partition coefficient (Wildman–Crippen LogP) is 2.83. The number of nitrogens with two attached hydrogens (primary N) is 1. The molecule has 0 aliphatic carbocycles. The van der Waals surface area contributed by atoms with E-state index in [1.165, 1.54) is 6.42 Å². The molecule has 4 heteroatoms. The topological polar surface area (TPSA) is 59.2 Å². The Hall–Kier alpha value is -1.42. The number of hydrogen-bond donors (Lipinski definition) is 1. The van der Waals surface area contributed by atoms with E-state index in [-0.39, 0.29) is 5.91 Å². The Morgan fingerprint density at radius 1 is 1.38 bits per heavy atom. The maximum Gasteiger partial charge on any atom is 0.253 e. The third-order valence-corrected chi connectivity index (χ3v) is 4.51. The molecule has 1 atom stereocenters. The molecular weight excluding hydrogens is 262 g/mol. The Balaban J connectivity index is 2.06. The number of aromatic nitrogens is 1. The Kier molecular flexibility index (Phi) is 4.99. The fourth-order valence-corrected chi connectivity index (χ4v) is 3.07. The Morgan fingerprint density at radius 2 is 2.14 bits per heavy atom. The van der Waals surface area contributed by atoms with Gasteiger partial charge in [0.05, 0.1) is 5.69 Å². The van der Waals surface area contributed by atoms with Gasteiger partial charge in [-0.25, -0.2) is 0 Å². The molecule has 0 aromatic carbocycles. The molecule has 1 aliphatic rings. The molecule has 1 saturated heterocycles. The average Bonchev–Trinajstić information content (AvgIpc) is 2.72. The van der Waals surface area contributed by atoms with Crippen molar-refractivity contribution in [1.29, 1.82) is 0 Å². The largest absolute Gasteiger partial charge is 0.339 e. The molecule has 1 aromatic rings. The number of carbonyl (C=O) groups excluding carboxylic acids is 1. The van der Waals surface area contributed by atoms with Crippen molar-refractivity contribution in [3.05, 3.63) is 29.6 Å². The average molecular weight is 289 g/mol. The monoisotopic (exact) mass is 289 g/mol. The van der Waals surface area contributed by atoms with Crippen LogP contribution in [-0.4, -0.2) is 28.9 Å². The summed E-state index contributed by atoms with van der Waals surface area (Å²) in [7, 11) is 0. The van der Waals surface area contributed by atoms with Crippen molar-refractivity contribution in [3.63, 3.8) is 0 Å². The second kappa shape index (κ2) is 6.56. The number of amides is 1. The van der Waals surface area contributed by atoms with Crippen LogP contribution in [0, 0.1) is 11.3 Å². The van der Waals surface area contributed by atoms with Gasteiger partial charge in [-0.3, -0.25) is 9.78 Å².